The maximum Gasteiger partial charge on any atom is 1.00 e. The van der Waals surface area contributed by atoms with Gasteiger partial charge in [0.25, 0.3) is 0 Å². The van der Waals surface area contributed by atoms with Crippen LogP contribution in [0.4, 0.5) is 0 Å². The van der Waals surface area contributed by atoms with Gasteiger partial charge in [0.1, 0.15) is 0 Å². The second kappa shape index (κ2) is 7.26. The molecule has 1 unspecified atom stereocenters. The number of rotatable bonds is 3. The van der Waals surface area contributed by atoms with Crippen molar-refractivity contribution in [2.24, 2.45) is 0 Å². The van der Waals surface area contributed by atoms with Gasteiger partial charge < -0.3 is 16.8 Å². The van der Waals surface area contributed by atoms with Crippen LogP contribution in [0.15, 0.2) is 0 Å². The molecule has 1 atom stereocenters. The van der Waals surface area contributed by atoms with Crippen molar-refractivity contribution in [3.05, 3.63) is 0 Å². The Morgan fingerprint density at radius 1 is 1.56 bits per heavy atom. The van der Waals surface area contributed by atoms with E-state index in [0.29, 0.717) is 6.61 Å². The van der Waals surface area contributed by atoms with Crippen molar-refractivity contribution >= 4 is 29.5 Å². The first-order valence-corrected chi connectivity index (χ1v) is 6.49. The summed E-state index contributed by atoms with van der Waals surface area (Å²) in [4.78, 5) is 0. The third-order valence-electron chi connectivity index (χ3n) is 0.713. The van der Waals surface area contributed by atoms with Crippen LogP contribution in [0.3, 0.4) is 0 Å². The van der Waals surface area contributed by atoms with Crippen LogP contribution in [0.2, 0.25) is 0 Å². The van der Waals surface area contributed by atoms with Crippen LogP contribution in [0.5, 0.6) is 0 Å². The number of hydrogen-bond donors (Lipinski definition) is 0. The summed E-state index contributed by atoms with van der Waals surface area (Å²) in [5.41, 5.74) is -1.76. The van der Waals surface area contributed by atoms with E-state index in [9.17, 15) is 0 Å². The Bertz CT molecular complexity index is 109. The van der Waals surface area contributed by atoms with Gasteiger partial charge in [-0.2, -0.15) is 0 Å². The third kappa shape index (κ3) is 8.50. The molecule has 0 aliphatic heterocycles. The summed E-state index contributed by atoms with van der Waals surface area (Å²) in [5.74, 6) is 0. The Labute approximate surface area is 110 Å². The summed E-state index contributed by atoms with van der Waals surface area (Å²) in [7, 11) is 0. The van der Waals surface area contributed by atoms with Gasteiger partial charge in [-0.1, -0.05) is 24.2 Å². The average molecular weight is 208 g/mol. The fourth-order valence-electron chi connectivity index (χ4n) is 0.288. The summed E-state index contributed by atoms with van der Waals surface area (Å²) in [6.45, 7) is 4.56. The molecule has 0 aromatic carbocycles. The van der Waals surface area contributed by atoms with Crippen LogP contribution in [0.1, 0.15) is 13.8 Å². The van der Waals surface area contributed by atoms with Gasteiger partial charge in [0.15, 0.2) is 0 Å². The molecule has 0 aromatic heterocycles. The SMILES string of the molecule is CCOP(=S)([S-])CC.[K+]. The van der Waals surface area contributed by atoms with Crippen LogP contribution in [0.25, 0.3) is 0 Å². The molecule has 0 spiro atoms. The summed E-state index contributed by atoms with van der Waals surface area (Å²) in [5, 5.41) is 0. The van der Waals surface area contributed by atoms with Gasteiger partial charge in [0.05, 0.1) is 0 Å². The minimum absolute atomic E-state index is 0. The molecule has 5 heteroatoms. The van der Waals surface area contributed by atoms with Gasteiger partial charge in [-0.15, -0.1) is 0 Å². The molecule has 0 amide bonds. The van der Waals surface area contributed by atoms with Gasteiger partial charge in [0.2, 0.25) is 0 Å². The molecule has 1 nitrogen and oxygen atoms in total. The first kappa shape index (κ1) is 14.1. The zero-order valence-corrected chi connectivity index (χ0v) is 11.7. The van der Waals surface area contributed by atoms with E-state index in [2.05, 4.69) is 0 Å². The molecule has 0 aliphatic carbocycles. The fourth-order valence-corrected chi connectivity index (χ4v) is 1.50. The summed E-state index contributed by atoms with van der Waals surface area (Å²) < 4.78 is 5.12. The predicted octanol–water partition coefficient (Wildman–Crippen LogP) is -1.10. The molecule has 0 N–H and O–H groups in total. The molecule has 0 saturated carbocycles. The number of hydrogen-bond acceptors (Lipinski definition) is 3. The largest absolute Gasteiger partial charge is 1.00 e. The Kier molecular flexibility index (Phi) is 11.4. The van der Waals surface area contributed by atoms with E-state index in [1.54, 1.807) is 0 Å². The molecule has 0 heterocycles. The van der Waals surface area contributed by atoms with E-state index in [-0.39, 0.29) is 51.4 Å². The van der Waals surface area contributed by atoms with Crippen molar-refractivity contribution in [2.75, 3.05) is 12.8 Å². The molecule has 50 valence electrons. The quantitative estimate of drug-likeness (QED) is 0.331. The van der Waals surface area contributed by atoms with Gasteiger partial charge in [0, 0.05) is 6.61 Å². The van der Waals surface area contributed by atoms with Crippen LogP contribution in [-0.4, -0.2) is 12.8 Å². The second-order valence-corrected chi connectivity index (χ2v) is 7.69. The smallest absolute Gasteiger partial charge is 0.719 e. The standard InChI is InChI=1S/C4H11OPS2.K/c1-3-5-6(7,8)4-2;/h3-4H2,1-2H3,(H,7,8);/q;+1/p-1. The molecule has 0 aromatic rings. The van der Waals surface area contributed by atoms with E-state index in [1.807, 2.05) is 13.8 Å². The van der Waals surface area contributed by atoms with Crippen molar-refractivity contribution in [3.63, 3.8) is 0 Å². The van der Waals surface area contributed by atoms with Crippen molar-refractivity contribution in [3.8, 4) is 0 Å². The minimum atomic E-state index is -1.76. The molecule has 0 aliphatic rings. The van der Waals surface area contributed by atoms with E-state index in [4.69, 9.17) is 28.6 Å². The van der Waals surface area contributed by atoms with Gasteiger partial charge in [-0.25, -0.2) is 0 Å². The van der Waals surface area contributed by atoms with Crippen molar-refractivity contribution < 1.29 is 55.9 Å². The molecule has 0 radical (unpaired) electrons. The Morgan fingerprint density at radius 3 is 2.11 bits per heavy atom. The Morgan fingerprint density at radius 2 is 2.00 bits per heavy atom. The summed E-state index contributed by atoms with van der Waals surface area (Å²) >= 11 is 9.89. The first-order valence-electron chi connectivity index (χ1n) is 2.57. The predicted molar refractivity (Wildman–Crippen MR) is 43.8 cm³/mol. The monoisotopic (exact) mass is 208 g/mol. The topological polar surface area (TPSA) is 9.23 Å². The van der Waals surface area contributed by atoms with Crippen molar-refractivity contribution in [1.29, 1.82) is 0 Å². The molecular weight excluding hydrogens is 198 g/mol. The van der Waals surface area contributed by atoms with E-state index < -0.39 is 5.47 Å². The van der Waals surface area contributed by atoms with Gasteiger partial charge in [-0.05, 0) is 13.1 Å². The second-order valence-electron chi connectivity index (χ2n) is 1.34. The Hall–Kier alpha value is 2.60. The van der Waals surface area contributed by atoms with Crippen LogP contribution < -0.4 is 51.4 Å². The molecular formula is C4H10KOPS2. The van der Waals surface area contributed by atoms with Crippen LogP contribution in [0, 0.1) is 0 Å². The Balaban J connectivity index is 0. The molecule has 0 rings (SSSR count). The summed E-state index contributed by atoms with van der Waals surface area (Å²) in [6, 6.07) is 0. The first-order chi connectivity index (χ1) is 3.62. The summed E-state index contributed by atoms with van der Waals surface area (Å²) in [6.07, 6.45) is 0.825. The third-order valence-corrected chi connectivity index (χ3v) is 4.32. The molecule has 9 heavy (non-hydrogen) atoms. The molecule has 0 fully saturated rings. The maximum atomic E-state index is 5.12. The van der Waals surface area contributed by atoms with Gasteiger partial charge in [-0.3, -0.25) is 0 Å². The molecule has 0 bridgehead atoms. The molecule has 0 saturated heterocycles. The zero-order valence-electron chi connectivity index (χ0n) is 6.09. The zero-order chi connectivity index (χ0) is 6.62. The average Bonchev–Trinajstić information content (AvgIpc) is 1.67. The van der Waals surface area contributed by atoms with Crippen molar-refractivity contribution in [1.82, 2.24) is 0 Å². The fraction of sp³-hybridized carbons (Fsp3) is 1.00. The van der Waals surface area contributed by atoms with E-state index in [0.717, 1.165) is 6.16 Å². The van der Waals surface area contributed by atoms with E-state index in [1.165, 1.54) is 0 Å². The minimum Gasteiger partial charge on any atom is -0.719 e. The van der Waals surface area contributed by atoms with Crippen LogP contribution in [-0.2, 0) is 28.6 Å². The van der Waals surface area contributed by atoms with E-state index >= 15 is 0 Å². The van der Waals surface area contributed by atoms with Crippen LogP contribution >= 0.6 is 5.47 Å². The van der Waals surface area contributed by atoms with Crippen molar-refractivity contribution in [2.45, 2.75) is 13.8 Å². The maximum absolute atomic E-state index is 5.12. The normalized spacial score (nSPS) is 15.9. The van der Waals surface area contributed by atoms with Gasteiger partial charge >= 0.3 is 51.4 Å².